The first-order chi connectivity index (χ1) is 14.4. The topological polar surface area (TPSA) is 125 Å². The molecule has 1 aliphatic rings. The van der Waals surface area contributed by atoms with Crippen LogP contribution in [0.2, 0.25) is 0 Å². The highest BCUT2D eigenvalue weighted by molar-refractivity contribution is 6.08. The van der Waals surface area contributed by atoms with Crippen LogP contribution >= 0.6 is 0 Å². The van der Waals surface area contributed by atoms with Crippen LogP contribution in [0.3, 0.4) is 0 Å². The maximum absolute atomic E-state index is 12.9. The van der Waals surface area contributed by atoms with E-state index in [2.05, 4.69) is 10.7 Å². The van der Waals surface area contributed by atoms with Crippen molar-refractivity contribution in [1.29, 1.82) is 0 Å². The highest BCUT2D eigenvalue weighted by Gasteiger charge is 2.52. The first-order valence-corrected chi connectivity index (χ1v) is 9.30. The average Bonchev–Trinajstić information content (AvgIpc) is 3.03. The van der Waals surface area contributed by atoms with Crippen LogP contribution in [0, 0.1) is 0 Å². The number of benzene rings is 2. The van der Waals surface area contributed by atoms with Crippen molar-refractivity contribution in [2.75, 3.05) is 6.61 Å². The first-order valence-electron chi connectivity index (χ1n) is 9.30. The molecule has 1 unspecified atom stereocenters. The van der Waals surface area contributed by atoms with E-state index in [-0.39, 0.29) is 18.6 Å². The zero-order valence-corrected chi connectivity index (χ0v) is 16.3. The molecule has 0 spiro atoms. The summed E-state index contributed by atoms with van der Waals surface area (Å²) in [5.74, 6) is -2.21. The number of hydrogen-bond acceptors (Lipinski definition) is 6. The van der Waals surface area contributed by atoms with E-state index in [9.17, 15) is 19.2 Å². The fourth-order valence-corrected chi connectivity index (χ4v) is 3.16. The molecule has 9 nitrogen and oxygen atoms in total. The van der Waals surface area contributed by atoms with E-state index in [1.165, 1.54) is 12.1 Å². The fraction of sp³-hybridized carbons (Fsp3) is 0.238. The monoisotopic (exact) mass is 411 g/mol. The molecule has 2 aromatic rings. The Bertz CT molecular complexity index is 960. The summed E-state index contributed by atoms with van der Waals surface area (Å²) in [5, 5.41) is 12.2. The minimum Gasteiger partial charge on any atom is -0.452 e. The number of urea groups is 1. The van der Waals surface area contributed by atoms with Gasteiger partial charge in [-0.3, -0.25) is 15.0 Å². The predicted molar refractivity (Wildman–Crippen MR) is 105 cm³/mol. The van der Waals surface area contributed by atoms with Gasteiger partial charge in [-0.1, -0.05) is 49.4 Å². The number of rotatable bonds is 7. The largest absolute Gasteiger partial charge is 0.452 e. The van der Waals surface area contributed by atoms with Gasteiger partial charge in [-0.05, 0) is 29.7 Å². The Morgan fingerprint density at radius 3 is 2.37 bits per heavy atom. The lowest BCUT2D eigenvalue weighted by molar-refractivity contribution is -0.140. The smallest absolute Gasteiger partial charge is 0.344 e. The summed E-state index contributed by atoms with van der Waals surface area (Å²) in [6, 6.07) is 14.0. The van der Waals surface area contributed by atoms with Crippen LogP contribution in [-0.4, -0.2) is 40.5 Å². The quantitative estimate of drug-likeness (QED) is 0.465. The molecule has 1 fully saturated rings. The van der Waals surface area contributed by atoms with Gasteiger partial charge < -0.3 is 15.2 Å². The standard InChI is InChI=1S/C21H21N3O6/c1-2-21(16-6-4-3-5-7-16)19(28)24(20(29)22-21)23-17(26)13-30-18(27)15-10-8-14(12-25)9-11-15/h3-11,25H,2,12-13H2,1H3,(H,22,29)(H,23,26). The fourth-order valence-electron chi connectivity index (χ4n) is 3.16. The van der Waals surface area contributed by atoms with Gasteiger partial charge in [-0.2, -0.15) is 5.01 Å². The maximum atomic E-state index is 12.9. The number of nitrogens with one attached hydrogen (secondary N) is 2. The van der Waals surface area contributed by atoms with Gasteiger partial charge in [-0.15, -0.1) is 0 Å². The van der Waals surface area contributed by atoms with Gasteiger partial charge in [0.2, 0.25) is 0 Å². The van der Waals surface area contributed by atoms with Crippen molar-refractivity contribution in [3.63, 3.8) is 0 Å². The Balaban J connectivity index is 1.63. The number of imide groups is 1. The van der Waals surface area contributed by atoms with Crippen LogP contribution < -0.4 is 10.7 Å². The van der Waals surface area contributed by atoms with Gasteiger partial charge in [0.05, 0.1) is 12.2 Å². The molecule has 1 atom stereocenters. The van der Waals surface area contributed by atoms with Crippen LogP contribution in [0.25, 0.3) is 0 Å². The Kier molecular flexibility index (Phi) is 6.12. The average molecular weight is 411 g/mol. The number of esters is 1. The van der Waals surface area contributed by atoms with Crippen molar-refractivity contribution in [2.24, 2.45) is 0 Å². The molecule has 0 radical (unpaired) electrons. The second-order valence-electron chi connectivity index (χ2n) is 6.66. The van der Waals surface area contributed by atoms with Crippen LogP contribution in [0.15, 0.2) is 54.6 Å². The highest BCUT2D eigenvalue weighted by atomic mass is 16.5. The molecule has 2 aromatic carbocycles. The molecule has 1 aliphatic heterocycles. The summed E-state index contributed by atoms with van der Waals surface area (Å²) < 4.78 is 4.92. The van der Waals surface area contributed by atoms with E-state index < -0.39 is 36.0 Å². The second-order valence-corrected chi connectivity index (χ2v) is 6.66. The van der Waals surface area contributed by atoms with E-state index in [1.54, 1.807) is 49.4 Å². The van der Waals surface area contributed by atoms with Crippen LogP contribution in [0.1, 0.15) is 34.8 Å². The summed E-state index contributed by atoms with van der Waals surface area (Å²) in [7, 11) is 0. The van der Waals surface area contributed by atoms with Crippen molar-refractivity contribution >= 4 is 23.8 Å². The zero-order valence-electron chi connectivity index (χ0n) is 16.3. The predicted octanol–water partition coefficient (Wildman–Crippen LogP) is 1.22. The summed E-state index contributed by atoms with van der Waals surface area (Å²) >= 11 is 0. The van der Waals surface area contributed by atoms with Crippen molar-refractivity contribution in [3.8, 4) is 0 Å². The highest BCUT2D eigenvalue weighted by Crippen LogP contribution is 2.31. The molecule has 4 amide bonds. The molecule has 1 heterocycles. The number of carbonyl (C=O) groups excluding carboxylic acids is 4. The number of hydrazine groups is 1. The van der Waals surface area contributed by atoms with Crippen molar-refractivity contribution < 1.29 is 29.0 Å². The lowest BCUT2D eigenvalue weighted by Gasteiger charge is -2.25. The van der Waals surface area contributed by atoms with E-state index in [4.69, 9.17) is 9.84 Å². The maximum Gasteiger partial charge on any atom is 0.344 e. The van der Waals surface area contributed by atoms with Gasteiger partial charge in [0.15, 0.2) is 6.61 Å². The second kappa shape index (κ2) is 8.75. The van der Waals surface area contributed by atoms with Gasteiger partial charge in [0.1, 0.15) is 5.54 Å². The zero-order chi connectivity index (χ0) is 21.7. The molecule has 9 heteroatoms. The molecular weight excluding hydrogens is 390 g/mol. The number of amides is 4. The molecule has 0 aliphatic carbocycles. The number of aliphatic hydroxyl groups is 1. The van der Waals surface area contributed by atoms with E-state index in [0.29, 0.717) is 16.1 Å². The Labute approximate surface area is 172 Å². The third kappa shape index (κ3) is 4.01. The Hall–Kier alpha value is -3.72. The molecule has 0 saturated carbocycles. The Morgan fingerprint density at radius 2 is 1.77 bits per heavy atom. The summed E-state index contributed by atoms with van der Waals surface area (Å²) in [4.78, 5) is 49.5. The van der Waals surface area contributed by atoms with Gasteiger partial charge in [-0.25, -0.2) is 9.59 Å². The molecule has 30 heavy (non-hydrogen) atoms. The number of carbonyl (C=O) groups is 4. The number of hydrogen-bond donors (Lipinski definition) is 3. The SMILES string of the molecule is CCC1(c2ccccc2)NC(=O)N(NC(=O)COC(=O)c2ccc(CO)cc2)C1=O. The van der Waals surface area contributed by atoms with Crippen LogP contribution in [-0.2, 0) is 26.5 Å². The lowest BCUT2D eigenvalue weighted by Crippen LogP contribution is -2.49. The minimum atomic E-state index is -1.28. The Morgan fingerprint density at radius 1 is 1.10 bits per heavy atom. The van der Waals surface area contributed by atoms with Crippen LogP contribution in [0.4, 0.5) is 4.79 Å². The normalized spacial score (nSPS) is 18.1. The lowest BCUT2D eigenvalue weighted by atomic mass is 9.87. The molecule has 1 saturated heterocycles. The van der Waals surface area contributed by atoms with Crippen LogP contribution in [0.5, 0.6) is 0 Å². The van der Waals surface area contributed by atoms with Gasteiger partial charge in [0.25, 0.3) is 11.8 Å². The van der Waals surface area contributed by atoms with Crippen molar-refractivity contribution in [3.05, 3.63) is 71.3 Å². The van der Waals surface area contributed by atoms with Crippen molar-refractivity contribution in [1.82, 2.24) is 15.8 Å². The number of aliphatic hydroxyl groups excluding tert-OH is 1. The molecular formula is C21H21N3O6. The molecule has 0 bridgehead atoms. The van der Waals surface area contributed by atoms with Gasteiger partial charge >= 0.3 is 12.0 Å². The first kappa shape index (κ1) is 21.0. The van der Waals surface area contributed by atoms with E-state index in [1.807, 2.05) is 0 Å². The van der Waals surface area contributed by atoms with Crippen molar-refractivity contribution in [2.45, 2.75) is 25.5 Å². The third-order valence-corrected chi connectivity index (χ3v) is 4.83. The molecule has 3 N–H and O–H groups in total. The third-order valence-electron chi connectivity index (χ3n) is 4.83. The molecule has 0 aromatic heterocycles. The summed E-state index contributed by atoms with van der Waals surface area (Å²) in [6.45, 7) is 0.911. The molecule has 3 rings (SSSR count). The summed E-state index contributed by atoms with van der Waals surface area (Å²) in [6.07, 6.45) is 0.285. The number of ether oxygens (including phenoxy) is 1. The molecule has 156 valence electrons. The number of nitrogens with zero attached hydrogens (tertiary/aromatic N) is 1. The minimum absolute atomic E-state index is 0.161. The summed E-state index contributed by atoms with van der Waals surface area (Å²) in [5.41, 5.74) is 2.33. The van der Waals surface area contributed by atoms with E-state index in [0.717, 1.165) is 0 Å². The van der Waals surface area contributed by atoms with E-state index >= 15 is 0 Å². The van der Waals surface area contributed by atoms with Gasteiger partial charge in [0, 0.05) is 0 Å².